The van der Waals surface area contributed by atoms with Crippen LogP contribution in [0.3, 0.4) is 0 Å². The van der Waals surface area contributed by atoms with Crippen LogP contribution in [0.2, 0.25) is 0 Å². The van der Waals surface area contributed by atoms with Gasteiger partial charge < -0.3 is 5.11 Å². The zero-order valence-electron chi connectivity index (χ0n) is 18.7. The highest BCUT2D eigenvalue weighted by Gasteiger charge is 2.33. The van der Waals surface area contributed by atoms with Crippen LogP contribution in [-0.4, -0.2) is 14.6 Å². The number of nitro benzene ring substituents is 1. The standard InChI is InChI=1S/C27H18BrN3O4S/c28-21-12-15(8-11-22(21)32)13-23-26(33)30-25(17-5-3-6-18(14-17)31(34)35)20-10-9-16-4-1-2-7-19(16)24(20)29-27(30)36-23/h1-8,11-14,25,32H,9-10H2/b23-13+. The number of benzene rings is 3. The Morgan fingerprint density at radius 1 is 1.11 bits per heavy atom. The van der Waals surface area contributed by atoms with Gasteiger partial charge in [0, 0.05) is 17.7 Å². The number of aryl methyl sites for hydroxylation is 1. The average Bonchev–Trinajstić information content (AvgIpc) is 3.19. The molecular weight excluding hydrogens is 542 g/mol. The van der Waals surface area contributed by atoms with Crippen molar-refractivity contribution in [3.8, 4) is 5.75 Å². The van der Waals surface area contributed by atoms with Gasteiger partial charge in [-0.2, -0.15) is 0 Å². The topological polar surface area (TPSA) is 97.7 Å². The minimum atomic E-state index is -0.488. The third-order valence-electron chi connectivity index (χ3n) is 6.54. The molecule has 178 valence electrons. The van der Waals surface area contributed by atoms with Gasteiger partial charge in [0.25, 0.3) is 11.2 Å². The lowest BCUT2D eigenvalue weighted by Crippen LogP contribution is -2.38. The Morgan fingerprint density at radius 2 is 1.94 bits per heavy atom. The van der Waals surface area contributed by atoms with Crippen molar-refractivity contribution in [3.05, 3.63) is 129 Å². The highest BCUT2D eigenvalue weighted by Crippen LogP contribution is 2.41. The van der Waals surface area contributed by atoms with Crippen LogP contribution in [0.15, 0.2) is 86.6 Å². The SMILES string of the molecule is O=c1/c(=C\c2ccc(O)c(Br)c2)sc2n1C(c1cccc([N+](=O)[O-])c1)C1=C(N=2)c2ccccc2CC1. The quantitative estimate of drug-likeness (QED) is 0.290. The first-order valence-corrected chi connectivity index (χ1v) is 12.9. The smallest absolute Gasteiger partial charge is 0.271 e. The van der Waals surface area contributed by atoms with Gasteiger partial charge in [-0.15, -0.1) is 0 Å². The largest absolute Gasteiger partial charge is 0.507 e. The summed E-state index contributed by atoms with van der Waals surface area (Å²) in [4.78, 5) is 30.4. The Kier molecular flexibility index (Phi) is 5.46. The summed E-state index contributed by atoms with van der Waals surface area (Å²) in [5, 5.41) is 21.4. The van der Waals surface area contributed by atoms with Crippen molar-refractivity contribution in [2.24, 2.45) is 4.99 Å². The van der Waals surface area contributed by atoms with Crippen molar-refractivity contribution < 1.29 is 10.0 Å². The molecule has 36 heavy (non-hydrogen) atoms. The van der Waals surface area contributed by atoms with Gasteiger partial charge in [-0.3, -0.25) is 19.5 Å². The van der Waals surface area contributed by atoms with Gasteiger partial charge in [-0.05, 0) is 69.2 Å². The molecule has 1 atom stereocenters. The fraction of sp³-hybridized carbons (Fsp3) is 0.111. The lowest BCUT2D eigenvalue weighted by molar-refractivity contribution is -0.384. The van der Waals surface area contributed by atoms with E-state index in [1.165, 1.54) is 23.0 Å². The molecule has 1 aromatic heterocycles. The average molecular weight is 560 g/mol. The van der Waals surface area contributed by atoms with Crippen LogP contribution < -0.4 is 14.9 Å². The second-order valence-electron chi connectivity index (χ2n) is 8.68. The van der Waals surface area contributed by atoms with Crippen LogP contribution in [0.1, 0.15) is 34.7 Å². The van der Waals surface area contributed by atoms with E-state index in [0.717, 1.165) is 28.8 Å². The molecule has 6 rings (SSSR count). The molecule has 2 aliphatic rings. The molecule has 9 heteroatoms. The minimum Gasteiger partial charge on any atom is -0.507 e. The fourth-order valence-electron chi connectivity index (χ4n) is 4.90. The molecule has 3 aromatic carbocycles. The number of nitro groups is 1. The number of hydrogen-bond acceptors (Lipinski definition) is 6. The Morgan fingerprint density at radius 3 is 2.75 bits per heavy atom. The van der Waals surface area contributed by atoms with E-state index in [4.69, 9.17) is 4.99 Å². The minimum absolute atomic E-state index is 0.0149. The maximum Gasteiger partial charge on any atom is 0.271 e. The van der Waals surface area contributed by atoms with Gasteiger partial charge in [0.15, 0.2) is 4.80 Å². The molecule has 0 amide bonds. The molecular formula is C27H18BrN3O4S. The normalized spacial score (nSPS) is 16.7. The molecule has 1 aliphatic heterocycles. The summed E-state index contributed by atoms with van der Waals surface area (Å²) < 4.78 is 2.69. The van der Waals surface area contributed by atoms with Crippen molar-refractivity contribution in [3.63, 3.8) is 0 Å². The van der Waals surface area contributed by atoms with Crippen molar-refractivity contribution in [2.75, 3.05) is 0 Å². The first-order valence-electron chi connectivity index (χ1n) is 11.3. The fourth-order valence-corrected chi connectivity index (χ4v) is 6.29. The molecule has 0 fully saturated rings. The Labute approximate surface area is 217 Å². The molecule has 0 saturated carbocycles. The number of aromatic nitrogens is 1. The van der Waals surface area contributed by atoms with E-state index in [9.17, 15) is 20.0 Å². The van der Waals surface area contributed by atoms with Gasteiger partial charge in [-0.25, -0.2) is 4.99 Å². The van der Waals surface area contributed by atoms with Gasteiger partial charge in [0.2, 0.25) is 0 Å². The molecule has 0 radical (unpaired) electrons. The number of thiazole rings is 1. The number of phenolic OH excluding ortho intramolecular Hbond substituents is 1. The molecule has 1 aliphatic carbocycles. The van der Waals surface area contributed by atoms with Gasteiger partial charge in [0.05, 0.1) is 25.7 Å². The second kappa shape index (κ2) is 8.69. The summed E-state index contributed by atoms with van der Waals surface area (Å²) in [6.07, 6.45) is 3.29. The number of nitrogens with zero attached hydrogens (tertiary/aromatic N) is 3. The molecule has 7 nitrogen and oxygen atoms in total. The zero-order chi connectivity index (χ0) is 25.0. The molecule has 1 N–H and O–H groups in total. The monoisotopic (exact) mass is 559 g/mol. The van der Waals surface area contributed by atoms with Crippen molar-refractivity contribution in [1.82, 2.24) is 4.57 Å². The van der Waals surface area contributed by atoms with Crippen LogP contribution >= 0.6 is 27.3 Å². The van der Waals surface area contributed by atoms with Crippen molar-refractivity contribution in [1.29, 1.82) is 0 Å². The van der Waals surface area contributed by atoms with E-state index in [2.05, 4.69) is 22.0 Å². The van der Waals surface area contributed by atoms with E-state index in [1.54, 1.807) is 41.0 Å². The lowest BCUT2D eigenvalue weighted by Gasteiger charge is -2.30. The van der Waals surface area contributed by atoms with E-state index in [-0.39, 0.29) is 17.0 Å². The molecule has 0 saturated heterocycles. The van der Waals surface area contributed by atoms with E-state index < -0.39 is 11.0 Å². The molecule has 0 bridgehead atoms. The second-order valence-corrected chi connectivity index (χ2v) is 10.5. The number of phenols is 1. The Hall–Kier alpha value is -3.82. The number of allylic oxidation sites excluding steroid dienone is 1. The predicted octanol–water partition coefficient (Wildman–Crippen LogP) is 4.70. The molecule has 2 heterocycles. The van der Waals surface area contributed by atoms with Gasteiger partial charge in [0.1, 0.15) is 5.75 Å². The highest BCUT2D eigenvalue weighted by atomic mass is 79.9. The number of hydrogen-bond donors (Lipinski definition) is 1. The Bertz CT molecular complexity index is 1790. The summed E-state index contributed by atoms with van der Waals surface area (Å²) in [7, 11) is 0. The number of aromatic hydroxyl groups is 1. The molecule has 1 unspecified atom stereocenters. The highest BCUT2D eigenvalue weighted by molar-refractivity contribution is 9.10. The first-order chi connectivity index (χ1) is 17.4. The number of non-ortho nitro benzene ring substituents is 1. The third-order valence-corrected chi connectivity index (χ3v) is 8.16. The van der Waals surface area contributed by atoms with E-state index in [1.807, 2.05) is 24.3 Å². The van der Waals surface area contributed by atoms with Crippen LogP contribution in [0.5, 0.6) is 5.75 Å². The maximum absolute atomic E-state index is 13.8. The predicted molar refractivity (Wildman–Crippen MR) is 142 cm³/mol. The van der Waals surface area contributed by atoms with Crippen LogP contribution in [0.25, 0.3) is 11.8 Å². The number of halogens is 1. The van der Waals surface area contributed by atoms with Crippen LogP contribution in [-0.2, 0) is 6.42 Å². The molecule has 4 aromatic rings. The van der Waals surface area contributed by atoms with Gasteiger partial charge >= 0.3 is 0 Å². The molecule has 0 spiro atoms. The lowest BCUT2D eigenvalue weighted by atomic mass is 9.83. The van der Waals surface area contributed by atoms with Gasteiger partial charge in [-0.1, -0.05) is 53.8 Å². The first kappa shape index (κ1) is 22.6. The summed E-state index contributed by atoms with van der Waals surface area (Å²) in [6.45, 7) is 0. The summed E-state index contributed by atoms with van der Waals surface area (Å²) in [5.74, 6) is 0.116. The summed E-state index contributed by atoms with van der Waals surface area (Å²) in [5.41, 5.74) is 5.29. The summed E-state index contributed by atoms with van der Waals surface area (Å²) >= 11 is 4.61. The van der Waals surface area contributed by atoms with E-state index in [0.29, 0.717) is 25.8 Å². The third kappa shape index (κ3) is 3.71. The maximum atomic E-state index is 13.8. The Balaban J connectivity index is 1.62. The van der Waals surface area contributed by atoms with Crippen LogP contribution in [0, 0.1) is 10.1 Å². The summed E-state index contributed by atoms with van der Waals surface area (Å²) in [6, 6.07) is 19.2. The van der Waals surface area contributed by atoms with Crippen molar-refractivity contribution >= 4 is 44.7 Å². The van der Waals surface area contributed by atoms with E-state index >= 15 is 0 Å². The number of fused-ring (bicyclic) bond motifs is 3. The zero-order valence-corrected chi connectivity index (χ0v) is 21.1. The van der Waals surface area contributed by atoms with Crippen LogP contribution in [0.4, 0.5) is 5.69 Å². The number of rotatable bonds is 3. The van der Waals surface area contributed by atoms with Crippen molar-refractivity contribution in [2.45, 2.75) is 18.9 Å².